The molecule has 17 heavy (non-hydrogen) atoms. The number of carbonyl (C=O) groups excluding carboxylic acids is 1. The van der Waals surface area contributed by atoms with Crippen LogP contribution < -0.4 is 0 Å². The maximum absolute atomic E-state index is 12.1. The monoisotopic (exact) mass is 269 g/mol. The summed E-state index contributed by atoms with van der Waals surface area (Å²) in [6, 6.07) is 4.21. The third kappa shape index (κ3) is 3.26. The van der Waals surface area contributed by atoms with E-state index in [-0.39, 0.29) is 5.37 Å². The fourth-order valence-electron chi connectivity index (χ4n) is 2.06. The summed E-state index contributed by atoms with van der Waals surface area (Å²) in [6.07, 6.45) is 4.09. The second-order valence-corrected chi connectivity index (χ2v) is 6.45. The maximum Gasteiger partial charge on any atom is 0.223 e. The molecule has 1 atom stereocenters. The first kappa shape index (κ1) is 13.0. The highest BCUT2D eigenvalue weighted by Gasteiger charge is 2.30. The van der Waals surface area contributed by atoms with E-state index in [9.17, 15) is 4.79 Å². The molecule has 94 valence electrons. The van der Waals surface area contributed by atoms with Crippen molar-refractivity contribution in [2.24, 2.45) is 0 Å². The molecule has 0 radical (unpaired) electrons. The van der Waals surface area contributed by atoms with Crippen molar-refractivity contribution in [3.8, 4) is 0 Å². The summed E-state index contributed by atoms with van der Waals surface area (Å²) in [7, 11) is 0. The standard InChI is InChI=1S/C13H19NOS2/c1-2-3-4-7-12(15)14-8-10-17-13(14)11-6-5-9-16-11/h5-6,9,13H,2-4,7-8,10H2,1H3/t13-/m0/s1. The Balaban J connectivity index is 1.93. The van der Waals surface area contributed by atoms with Crippen molar-refractivity contribution in [3.63, 3.8) is 0 Å². The molecule has 1 saturated heterocycles. The minimum atomic E-state index is 0.282. The van der Waals surface area contributed by atoms with Gasteiger partial charge in [0.15, 0.2) is 0 Å². The van der Waals surface area contributed by atoms with Crippen molar-refractivity contribution < 1.29 is 4.79 Å². The average Bonchev–Trinajstić information content (AvgIpc) is 2.99. The molecule has 1 fully saturated rings. The van der Waals surface area contributed by atoms with E-state index >= 15 is 0 Å². The maximum atomic E-state index is 12.1. The molecule has 0 bridgehead atoms. The van der Waals surface area contributed by atoms with E-state index in [1.807, 2.05) is 11.8 Å². The van der Waals surface area contributed by atoms with Gasteiger partial charge in [-0.25, -0.2) is 0 Å². The third-order valence-electron chi connectivity index (χ3n) is 2.99. The Bertz CT molecular complexity index is 350. The van der Waals surface area contributed by atoms with Crippen LogP contribution in [0.15, 0.2) is 17.5 Å². The van der Waals surface area contributed by atoms with Gasteiger partial charge < -0.3 is 4.90 Å². The smallest absolute Gasteiger partial charge is 0.223 e. The highest BCUT2D eigenvalue weighted by Crippen LogP contribution is 2.40. The number of nitrogens with zero attached hydrogens (tertiary/aromatic N) is 1. The van der Waals surface area contributed by atoms with Crippen molar-refractivity contribution in [1.29, 1.82) is 0 Å². The highest BCUT2D eigenvalue weighted by molar-refractivity contribution is 7.99. The Morgan fingerprint density at radius 1 is 1.53 bits per heavy atom. The molecule has 0 N–H and O–H groups in total. The number of thiophene rings is 1. The molecule has 1 aromatic heterocycles. The molecular weight excluding hydrogens is 250 g/mol. The molecule has 0 aliphatic carbocycles. The number of hydrogen-bond donors (Lipinski definition) is 0. The van der Waals surface area contributed by atoms with Crippen molar-refractivity contribution >= 4 is 29.0 Å². The number of amides is 1. The quantitative estimate of drug-likeness (QED) is 0.756. The topological polar surface area (TPSA) is 20.3 Å². The Morgan fingerprint density at radius 2 is 2.41 bits per heavy atom. The normalized spacial score (nSPS) is 19.8. The molecule has 4 heteroatoms. The number of unbranched alkanes of at least 4 members (excludes halogenated alkanes) is 2. The van der Waals surface area contributed by atoms with Crippen LogP contribution in [-0.2, 0) is 4.79 Å². The predicted octanol–water partition coefficient (Wildman–Crippen LogP) is 3.90. The van der Waals surface area contributed by atoms with Crippen LogP contribution in [0.1, 0.15) is 42.9 Å². The van der Waals surface area contributed by atoms with Crippen LogP contribution in [0.2, 0.25) is 0 Å². The van der Waals surface area contributed by atoms with Crippen molar-refractivity contribution in [2.75, 3.05) is 12.3 Å². The van der Waals surface area contributed by atoms with Crippen LogP contribution in [0.5, 0.6) is 0 Å². The van der Waals surface area contributed by atoms with Gasteiger partial charge in [-0.2, -0.15) is 0 Å². The fraction of sp³-hybridized carbons (Fsp3) is 0.615. The molecule has 1 amide bonds. The van der Waals surface area contributed by atoms with Gasteiger partial charge in [0.1, 0.15) is 5.37 Å². The number of rotatable bonds is 5. The lowest BCUT2D eigenvalue weighted by molar-refractivity contribution is -0.131. The predicted molar refractivity (Wildman–Crippen MR) is 75.4 cm³/mol. The largest absolute Gasteiger partial charge is 0.325 e. The minimum Gasteiger partial charge on any atom is -0.325 e. The van der Waals surface area contributed by atoms with E-state index in [0.29, 0.717) is 5.91 Å². The summed E-state index contributed by atoms with van der Waals surface area (Å²) < 4.78 is 0. The van der Waals surface area contributed by atoms with Gasteiger partial charge in [0.05, 0.1) is 0 Å². The van der Waals surface area contributed by atoms with E-state index in [0.717, 1.165) is 31.6 Å². The van der Waals surface area contributed by atoms with Crippen LogP contribution in [0.25, 0.3) is 0 Å². The van der Waals surface area contributed by atoms with Crippen LogP contribution in [-0.4, -0.2) is 23.1 Å². The number of hydrogen-bond acceptors (Lipinski definition) is 3. The van der Waals surface area contributed by atoms with Gasteiger partial charge in [0.2, 0.25) is 5.91 Å². The van der Waals surface area contributed by atoms with Gasteiger partial charge in [-0.15, -0.1) is 23.1 Å². The van der Waals surface area contributed by atoms with Crippen molar-refractivity contribution in [3.05, 3.63) is 22.4 Å². The third-order valence-corrected chi connectivity index (χ3v) is 5.31. The number of thioether (sulfide) groups is 1. The van der Waals surface area contributed by atoms with Crippen LogP contribution in [0, 0.1) is 0 Å². The van der Waals surface area contributed by atoms with E-state index < -0.39 is 0 Å². The van der Waals surface area contributed by atoms with Gasteiger partial charge >= 0.3 is 0 Å². The zero-order chi connectivity index (χ0) is 12.1. The molecule has 1 aliphatic heterocycles. The highest BCUT2D eigenvalue weighted by atomic mass is 32.2. The van der Waals surface area contributed by atoms with Gasteiger partial charge in [-0.05, 0) is 17.9 Å². The second kappa shape index (κ2) is 6.45. The number of carbonyl (C=O) groups is 1. The summed E-state index contributed by atoms with van der Waals surface area (Å²) in [5, 5.41) is 2.37. The van der Waals surface area contributed by atoms with Crippen molar-refractivity contribution in [1.82, 2.24) is 4.90 Å². The summed E-state index contributed by atoms with van der Waals surface area (Å²) in [4.78, 5) is 15.5. The molecule has 0 saturated carbocycles. The average molecular weight is 269 g/mol. The van der Waals surface area contributed by atoms with Gasteiger partial charge in [-0.3, -0.25) is 4.79 Å². The lowest BCUT2D eigenvalue weighted by Crippen LogP contribution is -2.29. The molecule has 0 aromatic carbocycles. The minimum absolute atomic E-state index is 0.282. The van der Waals surface area contributed by atoms with Crippen molar-refractivity contribution in [2.45, 2.75) is 38.0 Å². The summed E-state index contributed by atoms with van der Waals surface area (Å²) in [5.41, 5.74) is 0. The van der Waals surface area contributed by atoms with E-state index in [2.05, 4.69) is 29.3 Å². The fourth-order valence-corrected chi connectivity index (χ4v) is 4.32. The summed E-state index contributed by atoms with van der Waals surface area (Å²) in [6.45, 7) is 3.09. The van der Waals surface area contributed by atoms with E-state index in [1.54, 1.807) is 11.3 Å². The molecule has 2 heterocycles. The zero-order valence-corrected chi connectivity index (χ0v) is 11.9. The Kier molecular flexibility index (Phi) is 4.92. The Morgan fingerprint density at radius 3 is 3.12 bits per heavy atom. The summed E-state index contributed by atoms with van der Waals surface area (Å²) >= 11 is 3.65. The first-order valence-corrected chi connectivity index (χ1v) is 8.20. The van der Waals surface area contributed by atoms with Gasteiger partial charge in [0, 0.05) is 23.6 Å². The first-order chi connectivity index (χ1) is 8.33. The zero-order valence-electron chi connectivity index (χ0n) is 10.2. The second-order valence-electron chi connectivity index (χ2n) is 4.28. The Labute approximate surface area is 111 Å². The first-order valence-electron chi connectivity index (χ1n) is 6.27. The molecular formula is C13H19NOS2. The molecule has 2 nitrogen and oxygen atoms in total. The van der Waals surface area contributed by atoms with Crippen LogP contribution in [0.4, 0.5) is 0 Å². The van der Waals surface area contributed by atoms with Gasteiger partial charge in [-0.1, -0.05) is 25.8 Å². The van der Waals surface area contributed by atoms with E-state index in [1.165, 1.54) is 11.3 Å². The molecule has 1 aromatic rings. The van der Waals surface area contributed by atoms with E-state index in [4.69, 9.17) is 0 Å². The molecule has 1 aliphatic rings. The lowest BCUT2D eigenvalue weighted by Gasteiger charge is -2.22. The SMILES string of the molecule is CCCCCC(=O)N1CCS[C@H]1c1cccs1. The van der Waals surface area contributed by atoms with Gasteiger partial charge in [0.25, 0.3) is 0 Å². The lowest BCUT2D eigenvalue weighted by atomic mass is 10.2. The van der Waals surface area contributed by atoms with Crippen LogP contribution >= 0.6 is 23.1 Å². The summed E-state index contributed by atoms with van der Waals surface area (Å²) in [5.74, 6) is 1.41. The molecule has 2 rings (SSSR count). The molecule has 0 unspecified atom stereocenters. The Hall–Kier alpha value is -0.480. The van der Waals surface area contributed by atoms with Crippen LogP contribution in [0.3, 0.4) is 0 Å². The molecule has 0 spiro atoms.